The second kappa shape index (κ2) is 4.99. The molecule has 2 N–H and O–H groups in total. The summed E-state index contributed by atoms with van der Waals surface area (Å²) in [4.78, 5) is 0. The number of halogens is 5. The minimum Gasteiger partial charge on any atom is -0.455 e. The molecule has 2 rings (SSSR count). The van der Waals surface area contributed by atoms with Crippen LogP contribution in [0, 0.1) is 11.6 Å². The highest BCUT2D eigenvalue weighted by Crippen LogP contribution is 2.35. The van der Waals surface area contributed by atoms with E-state index in [0.29, 0.717) is 12.1 Å². The van der Waals surface area contributed by atoms with Crippen LogP contribution in [0.3, 0.4) is 0 Å². The van der Waals surface area contributed by atoms with Gasteiger partial charge in [-0.1, -0.05) is 0 Å². The smallest absolute Gasteiger partial charge is 0.419 e. The summed E-state index contributed by atoms with van der Waals surface area (Å²) in [5, 5.41) is 0. The third-order valence-corrected chi connectivity index (χ3v) is 2.44. The van der Waals surface area contributed by atoms with Crippen LogP contribution in [0.4, 0.5) is 27.6 Å². The van der Waals surface area contributed by atoms with E-state index in [4.69, 9.17) is 10.5 Å². The predicted octanol–water partition coefficient (Wildman–Crippen LogP) is 4.36. The van der Waals surface area contributed by atoms with Crippen LogP contribution in [0.15, 0.2) is 36.4 Å². The number of rotatable bonds is 2. The molecule has 2 nitrogen and oxygen atoms in total. The van der Waals surface area contributed by atoms with Gasteiger partial charge in [-0.3, -0.25) is 0 Å². The summed E-state index contributed by atoms with van der Waals surface area (Å²) in [5.74, 6) is -2.29. The van der Waals surface area contributed by atoms with Gasteiger partial charge in [0.1, 0.15) is 17.4 Å². The van der Waals surface area contributed by atoms with Crippen LogP contribution in [0.2, 0.25) is 0 Å². The van der Waals surface area contributed by atoms with E-state index in [1.54, 1.807) is 0 Å². The number of nitrogen functional groups attached to an aromatic ring is 1. The molecule has 2 aromatic rings. The van der Waals surface area contributed by atoms with E-state index in [-0.39, 0.29) is 17.2 Å². The van der Waals surface area contributed by atoms with Crippen molar-refractivity contribution < 1.29 is 26.7 Å². The van der Waals surface area contributed by atoms with Gasteiger partial charge in [-0.05, 0) is 30.3 Å². The number of hydrogen-bond donors (Lipinski definition) is 1. The fourth-order valence-corrected chi connectivity index (χ4v) is 1.52. The summed E-state index contributed by atoms with van der Waals surface area (Å²) in [6.07, 6.45) is -4.84. The second-order valence-corrected chi connectivity index (χ2v) is 3.92. The summed E-state index contributed by atoms with van der Waals surface area (Å²) in [6.45, 7) is 0. The molecule has 0 amide bonds. The molecule has 0 saturated carbocycles. The monoisotopic (exact) mass is 289 g/mol. The van der Waals surface area contributed by atoms with Crippen LogP contribution in [0.25, 0.3) is 0 Å². The zero-order valence-corrected chi connectivity index (χ0v) is 9.84. The molecule has 0 spiro atoms. The topological polar surface area (TPSA) is 35.2 Å². The highest BCUT2D eigenvalue weighted by molar-refractivity contribution is 5.54. The van der Waals surface area contributed by atoms with Crippen LogP contribution in [0.5, 0.6) is 11.5 Å². The van der Waals surface area contributed by atoms with Gasteiger partial charge < -0.3 is 10.5 Å². The van der Waals surface area contributed by atoms with Gasteiger partial charge in [-0.2, -0.15) is 13.2 Å². The van der Waals surface area contributed by atoms with Gasteiger partial charge >= 0.3 is 6.18 Å². The molecular weight excluding hydrogens is 281 g/mol. The number of hydrogen-bond acceptors (Lipinski definition) is 2. The van der Waals surface area contributed by atoms with Crippen LogP contribution >= 0.6 is 0 Å². The Balaban J connectivity index is 2.35. The predicted molar refractivity (Wildman–Crippen MR) is 62.3 cm³/mol. The van der Waals surface area contributed by atoms with E-state index in [1.165, 1.54) is 6.07 Å². The number of nitrogens with two attached hydrogens (primary N) is 1. The van der Waals surface area contributed by atoms with Gasteiger partial charge in [-0.25, -0.2) is 8.78 Å². The van der Waals surface area contributed by atoms with Crippen molar-refractivity contribution >= 4 is 5.69 Å². The Bertz CT molecular complexity index is 639. The lowest BCUT2D eigenvalue weighted by molar-refractivity contribution is -0.140. The Kier molecular flexibility index (Phi) is 3.52. The van der Waals surface area contributed by atoms with Crippen LogP contribution in [-0.2, 0) is 6.18 Å². The maximum Gasteiger partial charge on any atom is 0.419 e. The van der Waals surface area contributed by atoms with E-state index in [1.807, 2.05) is 0 Å². The molecule has 0 fully saturated rings. The Morgan fingerprint density at radius 2 is 1.65 bits per heavy atom. The molecule has 0 aliphatic carbocycles. The van der Waals surface area contributed by atoms with Crippen molar-refractivity contribution in [2.75, 3.05) is 5.73 Å². The van der Waals surface area contributed by atoms with Gasteiger partial charge in [0, 0.05) is 6.07 Å². The first-order valence-corrected chi connectivity index (χ1v) is 5.37. The Morgan fingerprint density at radius 3 is 2.25 bits per heavy atom. The second-order valence-electron chi connectivity index (χ2n) is 3.92. The van der Waals surface area contributed by atoms with Crippen molar-refractivity contribution in [1.29, 1.82) is 0 Å². The van der Waals surface area contributed by atoms with Gasteiger partial charge in [0.05, 0.1) is 11.3 Å². The molecule has 7 heteroatoms. The Hall–Kier alpha value is -2.31. The maximum atomic E-state index is 13.1. The first-order valence-electron chi connectivity index (χ1n) is 5.37. The largest absolute Gasteiger partial charge is 0.455 e. The number of alkyl halides is 3. The van der Waals surface area contributed by atoms with Crippen LogP contribution in [0.1, 0.15) is 5.56 Å². The van der Waals surface area contributed by atoms with Gasteiger partial charge in [-0.15, -0.1) is 0 Å². The fraction of sp³-hybridized carbons (Fsp3) is 0.0769. The van der Waals surface area contributed by atoms with E-state index >= 15 is 0 Å². The van der Waals surface area contributed by atoms with Gasteiger partial charge in [0.15, 0.2) is 5.75 Å². The van der Waals surface area contributed by atoms with Crippen molar-refractivity contribution in [3.63, 3.8) is 0 Å². The van der Waals surface area contributed by atoms with Crippen molar-refractivity contribution in [2.24, 2.45) is 0 Å². The minimum absolute atomic E-state index is 0.0221. The van der Waals surface area contributed by atoms with Crippen molar-refractivity contribution in [1.82, 2.24) is 0 Å². The summed E-state index contributed by atoms with van der Waals surface area (Å²) in [7, 11) is 0. The standard InChI is InChI=1S/C13H8F5NO/c14-7-1-4-12(11(19)5-7)20-8-2-3-10(15)9(6-8)13(16,17)18/h1-6H,19H2. The third-order valence-electron chi connectivity index (χ3n) is 2.44. The lowest BCUT2D eigenvalue weighted by atomic mass is 10.2. The Labute approximate surface area is 110 Å². The average molecular weight is 289 g/mol. The normalized spacial score (nSPS) is 11.4. The zero-order valence-electron chi connectivity index (χ0n) is 9.84. The first kappa shape index (κ1) is 14.1. The zero-order chi connectivity index (χ0) is 14.9. The fourth-order valence-electron chi connectivity index (χ4n) is 1.52. The first-order chi connectivity index (χ1) is 9.27. The van der Waals surface area contributed by atoms with Crippen LogP contribution < -0.4 is 10.5 Å². The molecule has 0 aliphatic heterocycles. The lowest BCUT2D eigenvalue weighted by Crippen LogP contribution is -2.08. The summed E-state index contributed by atoms with van der Waals surface area (Å²) < 4.78 is 68.6. The minimum atomic E-state index is -4.84. The van der Waals surface area contributed by atoms with Crippen molar-refractivity contribution in [2.45, 2.75) is 6.18 Å². The molecule has 0 atom stereocenters. The van der Waals surface area contributed by atoms with E-state index in [9.17, 15) is 22.0 Å². The molecular formula is C13H8F5NO. The molecule has 0 aliphatic rings. The highest BCUT2D eigenvalue weighted by atomic mass is 19.4. The third kappa shape index (κ3) is 2.98. The number of benzene rings is 2. The molecule has 0 unspecified atom stereocenters. The van der Waals surface area contributed by atoms with Crippen molar-refractivity contribution in [3.05, 3.63) is 53.6 Å². The quantitative estimate of drug-likeness (QED) is 0.658. The molecule has 20 heavy (non-hydrogen) atoms. The van der Waals surface area contributed by atoms with E-state index in [0.717, 1.165) is 18.2 Å². The summed E-state index contributed by atoms with van der Waals surface area (Å²) in [6, 6.07) is 5.34. The van der Waals surface area contributed by atoms with Gasteiger partial charge in [0.2, 0.25) is 0 Å². The molecule has 106 valence electrons. The lowest BCUT2D eigenvalue weighted by Gasteiger charge is -2.12. The Morgan fingerprint density at radius 1 is 0.950 bits per heavy atom. The summed E-state index contributed by atoms with van der Waals surface area (Å²) in [5.41, 5.74) is 3.93. The number of anilines is 1. The van der Waals surface area contributed by atoms with Crippen LogP contribution in [-0.4, -0.2) is 0 Å². The SMILES string of the molecule is Nc1cc(F)ccc1Oc1ccc(F)c(C(F)(F)F)c1. The highest BCUT2D eigenvalue weighted by Gasteiger charge is 2.34. The average Bonchev–Trinajstić information content (AvgIpc) is 2.33. The number of ether oxygens (including phenoxy) is 1. The maximum absolute atomic E-state index is 13.1. The molecule has 0 radical (unpaired) electrons. The van der Waals surface area contributed by atoms with Crippen molar-refractivity contribution in [3.8, 4) is 11.5 Å². The molecule has 0 saturated heterocycles. The van der Waals surface area contributed by atoms with E-state index in [2.05, 4.69) is 0 Å². The van der Waals surface area contributed by atoms with Gasteiger partial charge in [0.25, 0.3) is 0 Å². The summed E-state index contributed by atoms with van der Waals surface area (Å²) >= 11 is 0. The molecule has 2 aromatic carbocycles. The van der Waals surface area contributed by atoms with E-state index < -0.39 is 23.4 Å². The molecule has 0 bridgehead atoms. The molecule has 0 aromatic heterocycles. The molecule has 0 heterocycles.